The first-order valence-corrected chi connectivity index (χ1v) is 11.1. The minimum atomic E-state index is 0.0511. The standard InChI is InChI=1S/C14H21NO.C12H17NO/c1-4-5-11-15(14(16)12(2)3)13-9-7-6-8-10-13;1-4-13(12(14)10(2)3)11-8-6-5-7-9-11/h6-10,12H,4-5,11H2,1-3H3;5-10H,4H2,1-3H3. The average Bonchev–Trinajstić information content (AvgIpc) is 2.76. The van der Waals surface area contributed by atoms with E-state index in [1.54, 1.807) is 0 Å². The fraction of sp³-hybridized carbons (Fsp3) is 0.462. The second kappa shape index (κ2) is 13.6. The van der Waals surface area contributed by atoms with Gasteiger partial charge in [-0.25, -0.2) is 0 Å². The van der Waals surface area contributed by atoms with Gasteiger partial charge in [-0.05, 0) is 37.6 Å². The molecule has 0 aromatic heterocycles. The van der Waals surface area contributed by atoms with Crippen molar-refractivity contribution in [3.8, 4) is 0 Å². The molecule has 4 heteroatoms. The van der Waals surface area contributed by atoms with E-state index in [1.807, 2.05) is 105 Å². The topological polar surface area (TPSA) is 40.6 Å². The molecule has 0 fully saturated rings. The first-order chi connectivity index (χ1) is 14.3. The molecule has 0 heterocycles. The molecule has 30 heavy (non-hydrogen) atoms. The summed E-state index contributed by atoms with van der Waals surface area (Å²) in [5, 5.41) is 0. The van der Waals surface area contributed by atoms with Gasteiger partial charge in [0.1, 0.15) is 0 Å². The number of carbonyl (C=O) groups is 2. The van der Waals surface area contributed by atoms with Crippen LogP contribution in [0.3, 0.4) is 0 Å². The lowest BCUT2D eigenvalue weighted by molar-refractivity contribution is -0.122. The summed E-state index contributed by atoms with van der Waals surface area (Å²) < 4.78 is 0. The Morgan fingerprint density at radius 1 is 0.700 bits per heavy atom. The van der Waals surface area contributed by atoms with Gasteiger partial charge in [0.15, 0.2) is 0 Å². The SMILES string of the molecule is CCCCN(C(=O)C(C)C)c1ccccc1.CCN(C(=O)C(C)C)c1ccccc1. The zero-order valence-electron chi connectivity index (χ0n) is 19.5. The largest absolute Gasteiger partial charge is 0.312 e. The summed E-state index contributed by atoms with van der Waals surface area (Å²) in [4.78, 5) is 27.6. The van der Waals surface area contributed by atoms with Crippen molar-refractivity contribution in [2.24, 2.45) is 11.8 Å². The number of nitrogens with zero attached hydrogens (tertiary/aromatic N) is 2. The molecule has 0 aliphatic heterocycles. The van der Waals surface area contributed by atoms with Gasteiger partial charge in [0.25, 0.3) is 0 Å². The average molecular weight is 411 g/mol. The third-order valence-corrected chi connectivity index (χ3v) is 4.71. The number of hydrogen-bond donors (Lipinski definition) is 0. The molecular weight excluding hydrogens is 372 g/mol. The Kier molecular flexibility index (Phi) is 11.5. The van der Waals surface area contributed by atoms with Crippen LogP contribution in [-0.2, 0) is 9.59 Å². The maximum Gasteiger partial charge on any atom is 0.229 e. The first kappa shape index (κ1) is 25.4. The van der Waals surface area contributed by atoms with E-state index in [-0.39, 0.29) is 23.7 Å². The lowest BCUT2D eigenvalue weighted by Crippen LogP contribution is -2.35. The van der Waals surface area contributed by atoms with Gasteiger partial charge in [0, 0.05) is 36.3 Å². The van der Waals surface area contributed by atoms with Crippen molar-refractivity contribution >= 4 is 23.2 Å². The molecule has 0 saturated carbocycles. The molecule has 0 radical (unpaired) electrons. The molecule has 2 aromatic rings. The zero-order chi connectivity index (χ0) is 22.5. The van der Waals surface area contributed by atoms with E-state index in [2.05, 4.69) is 6.92 Å². The van der Waals surface area contributed by atoms with E-state index in [0.717, 1.165) is 37.3 Å². The molecule has 0 saturated heterocycles. The van der Waals surface area contributed by atoms with Crippen molar-refractivity contribution in [2.45, 2.75) is 54.4 Å². The van der Waals surface area contributed by atoms with E-state index >= 15 is 0 Å². The van der Waals surface area contributed by atoms with E-state index in [0.29, 0.717) is 0 Å². The molecule has 0 atom stereocenters. The second-order valence-electron chi connectivity index (χ2n) is 7.91. The molecule has 0 bridgehead atoms. The second-order valence-corrected chi connectivity index (χ2v) is 7.91. The summed E-state index contributed by atoms with van der Waals surface area (Å²) in [5.74, 6) is 0.491. The lowest BCUT2D eigenvalue weighted by atomic mass is 10.1. The summed E-state index contributed by atoms with van der Waals surface area (Å²) in [6.07, 6.45) is 2.15. The predicted octanol–water partition coefficient (Wildman–Crippen LogP) is 6.17. The third kappa shape index (κ3) is 8.02. The molecule has 0 unspecified atom stereocenters. The van der Waals surface area contributed by atoms with Gasteiger partial charge >= 0.3 is 0 Å². The van der Waals surface area contributed by atoms with E-state index in [9.17, 15) is 9.59 Å². The number of benzene rings is 2. The maximum absolute atomic E-state index is 12.1. The van der Waals surface area contributed by atoms with Crippen LogP contribution >= 0.6 is 0 Å². The highest BCUT2D eigenvalue weighted by atomic mass is 16.2. The molecule has 2 aromatic carbocycles. The van der Waals surface area contributed by atoms with Gasteiger partial charge in [-0.3, -0.25) is 9.59 Å². The Morgan fingerprint density at radius 3 is 1.47 bits per heavy atom. The molecule has 0 spiro atoms. The predicted molar refractivity (Wildman–Crippen MR) is 128 cm³/mol. The first-order valence-electron chi connectivity index (χ1n) is 11.1. The molecule has 2 rings (SSSR count). The Morgan fingerprint density at radius 2 is 1.10 bits per heavy atom. The number of carbonyl (C=O) groups excluding carboxylic acids is 2. The molecule has 0 aliphatic rings. The zero-order valence-corrected chi connectivity index (χ0v) is 19.5. The fourth-order valence-electron chi connectivity index (χ4n) is 2.99. The lowest BCUT2D eigenvalue weighted by Gasteiger charge is -2.24. The molecule has 0 N–H and O–H groups in total. The molecule has 164 valence electrons. The monoisotopic (exact) mass is 410 g/mol. The van der Waals surface area contributed by atoms with Crippen molar-refractivity contribution in [3.63, 3.8) is 0 Å². The Bertz CT molecular complexity index is 742. The Labute approximate surface area is 182 Å². The smallest absolute Gasteiger partial charge is 0.229 e. The molecule has 0 aliphatic carbocycles. The van der Waals surface area contributed by atoms with Crippen molar-refractivity contribution in [3.05, 3.63) is 60.7 Å². The van der Waals surface area contributed by atoms with Crippen LogP contribution in [0.4, 0.5) is 11.4 Å². The molecule has 4 nitrogen and oxygen atoms in total. The van der Waals surface area contributed by atoms with Crippen LogP contribution in [0.5, 0.6) is 0 Å². The minimum Gasteiger partial charge on any atom is -0.312 e. The molecule has 2 amide bonds. The Hall–Kier alpha value is -2.62. The summed E-state index contributed by atoms with van der Waals surface area (Å²) in [6.45, 7) is 13.4. The van der Waals surface area contributed by atoms with E-state index in [1.165, 1.54) is 0 Å². The van der Waals surface area contributed by atoms with Crippen molar-refractivity contribution < 1.29 is 9.59 Å². The summed E-state index contributed by atoms with van der Waals surface area (Å²) in [5.41, 5.74) is 1.99. The minimum absolute atomic E-state index is 0.0511. The normalized spacial score (nSPS) is 10.4. The summed E-state index contributed by atoms with van der Waals surface area (Å²) in [6, 6.07) is 19.7. The van der Waals surface area contributed by atoms with Gasteiger partial charge in [0.05, 0.1) is 0 Å². The molecular formula is C26H38N2O2. The summed E-state index contributed by atoms with van der Waals surface area (Å²) >= 11 is 0. The van der Waals surface area contributed by atoms with Crippen LogP contribution in [0.2, 0.25) is 0 Å². The van der Waals surface area contributed by atoms with Crippen LogP contribution in [0.25, 0.3) is 0 Å². The van der Waals surface area contributed by atoms with Gasteiger partial charge in [-0.2, -0.15) is 0 Å². The highest BCUT2D eigenvalue weighted by molar-refractivity contribution is 5.95. The van der Waals surface area contributed by atoms with Gasteiger partial charge in [-0.1, -0.05) is 77.4 Å². The van der Waals surface area contributed by atoms with Crippen LogP contribution in [0.1, 0.15) is 54.4 Å². The number of amides is 2. The number of anilines is 2. The summed E-state index contributed by atoms with van der Waals surface area (Å²) in [7, 11) is 0. The number of para-hydroxylation sites is 2. The number of hydrogen-bond acceptors (Lipinski definition) is 2. The Balaban J connectivity index is 0.000000303. The van der Waals surface area contributed by atoms with Crippen molar-refractivity contribution in [1.82, 2.24) is 0 Å². The van der Waals surface area contributed by atoms with Gasteiger partial charge in [0.2, 0.25) is 11.8 Å². The third-order valence-electron chi connectivity index (χ3n) is 4.71. The van der Waals surface area contributed by atoms with Crippen LogP contribution in [0.15, 0.2) is 60.7 Å². The van der Waals surface area contributed by atoms with Crippen LogP contribution < -0.4 is 9.80 Å². The van der Waals surface area contributed by atoms with Gasteiger partial charge < -0.3 is 9.80 Å². The van der Waals surface area contributed by atoms with Crippen LogP contribution in [-0.4, -0.2) is 24.9 Å². The van der Waals surface area contributed by atoms with Crippen LogP contribution in [0, 0.1) is 11.8 Å². The maximum atomic E-state index is 12.1. The van der Waals surface area contributed by atoms with Gasteiger partial charge in [-0.15, -0.1) is 0 Å². The highest BCUT2D eigenvalue weighted by Crippen LogP contribution is 2.17. The van der Waals surface area contributed by atoms with E-state index < -0.39 is 0 Å². The number of rotatable bonds is 8. The van der Waals surface area contributed by atoms with Crippen molar-refractivity contribution in [1.29, 1.82) is 0 Å². The quantitative estimate of drug-likeness (QED) is 0.522. The van der Waals surface area contributed by atoms with Crippen molar-refractivity contribution in [2.75, 3.05) is 22.9 Å². The number of unbranched alkanes of at least 4 members (excludes halogenated alkanes) is 1. The fourth-order valence-corrected chi connectivity index (χ4v) is 2.99. The highest BCUT2D eigenvalue weighted by Gasteiger charge is 2.18. The van der Waals surface area contributed by atoms with E-state index in [4.69, 9.17) is 0 Å².